The molecule has 0 aliphatic carbocycles. The third-order valence-corrected chi connectivity index (χ3v) is 3.65. The number of urea groups is 1. The first-order valence-corrected chi connectivity index (χ1v) is 6.68. The largest absolute Gasteiger partial charge is 0.480 e. The van der Waals surface area contributed by atoms with E-state index in [1.54, 1.807) is 4.90 Å². The lowest BCUT2D eigenvalue weighted by Gasteiger charge is -2.42. The minimum atomic E-state index is -0.992. The number of hydrogen-bond acceptors (Lipinski definition) is 3. The summed E-state index contributed by atoms with van der Waals surface area (Å²) >= 11 is 0. The number of hydrogen-bond donors (Lipinski definition) is 2. The number of carboxylic acid groups (broad SMARTS) is 1. The highest BCUT2D eigenvalue weighted by Crippen LogP contribution is 2.19. The number of morpholine rings is 1. The van der Waals surface area contributed by atoms with Gasteiger partial charge in [-0.05, 0) is 19.8 Å². The van der Waals surface area contributed by atoms with Gasteiger partial charge < -0.3 is 20.1 Å². The summed E-state index contributed by atoms with van der Waals surface area (Å²) in [6.07, 6.45) is 0.698. The summed E-state index contributed by atoms with van der Waals surface area (Å²) in [5.74, 6) is -1.10. The van der Waals surface area contributed by atoms with E-state index in [2.05, 4.69) is 5.32 Å². The van der Waals surface area contributed by atoms with Gasteiger partial charge in [0.15, 0.2) is 0 Å². The summed E-state index contributed by atoms with van der Waals surface area (Å²) in [7, 11) is 0. The number of aliphatic carboxylic acids is 1. The van der Waals surface area contributed by atoms with Crippen LogP contribution in [0.5, 0.6) is 0 Å². The number of nitrogens with zero attached hydrogens (tertiary/aromatic N) is 1. The molecule has 0 radical (unpaired) electrons. The molecule has 0 aromatic heterocycles. The van der Waals surface area contributed by atoms with Crippen LogP contribution in [0.1, 0.15) is 34.1 Å². The fourth-order valence-corrected chi connectivity index (χ4v) is 2.13. The van der Waals surface area contributed by atoms with Crippen LogP contribution in [0.4, 0.5) is 4.79 Å². The third-order valence-electron chi connectivity index (χ3n) is 3.65. The first kappa shape index (κ1) is 15.8. The molecule has 0 spiro atoms. The van der Waals surface area contributed by atoms with Crippen molar-refractivity contribution in [3.05, 3.63) is 0 Å². The van der Waals surface area contributed by atoms with Gasteiger partial charge in [0.2, 0.25) is 0 Å². The van der Waals surface area contributed by atoms with E-state index < -0.39 is 17.6 Å². The van der Waals surface area contributed by atoms with Crippen molar-refractivity contribution in [1.82, 2.24) is 10.2 Å². The molecule has 1 rings (SSSR count). The minimum absolute atomic E-state index is 0.106. The number of rotatable bonds is 4. The van der Waals surface area contributed by atoms with Crippen LogP contribution in [0.25, 0.3) is 0 Å². The number of ether oxygens (including phenoxy) is 1. The normalized spacial score (nSPS) is 21.6. The predicted octanol–water partition coefficient (Wildman–Crippen LogP) is 1.31. The maximum absolute atomic E-state index is 12.2. The summed E-state index contributed by atoms with van der Waals surface area (Å²) in [5, 5.41) is 11.8. The number of amides is 2. The van der Waals surface area contributed by atoms with Crippen molar-refractivity contribution < 1.29 is 19.4 Å². The molecule has 1 fully saturated rings. The molecule has 1 heterocycles. The van der Waals surface area contributed by atoms with E-state index in [1.807, 2.05) is 27.7 Å². The Morgan fingerprint density at radius 3 is 2.58 bits per heavy atom. The lowest BCUT2D eigenvalue weighted by Crippen LogP contribution is -2.61. The van der Waals surface area contributed by atoms with Gasteiger partial charge in [-0.3, -0.25) is 0 Å². The predicted molar refractivity (Wildman–Crippen MR) is 71.0 cm³/mol. The first-order valence-electron chi connectivity index (χ1n) is 6.68. The van der Waals surface area contributed by atoms with Gasteiger partial charge in [0.25, 0.3) is 0 Å². The van der Waals surface area contributed by atoms with Crippen molar-refractivity contribution in [2.24, 2.45) is 5.92 Å². The van der Waals surface area contributed by atoms with Gasteiger partial charge in [0.1, 0.15) is 6.04 Å². The Hall–Kier alpha value is -1.30. The van der Waals surface area contributed by atoms with E-state index in [-0.39, 0.29) is 11.9 Å². The van der Waals surface area contributed by atoms with Gasteiger partial charge in [0.05, 0.1) is 18.8 Å². The van der Waals surface area contributed by atoms with Crippen LogP contribution in [0, 0.1) is 5.92 Å². The molecule has 2 N–H and O–H groups in total. The minimum Gasteiger partial charge on any atom is -0.480 e. The fraction of sp³-hybridized carbons (Fsp3) is 0.846. The molecule has 1 saturated heterocycles. The second kappa shape index (κ2) is 6.23. The van der Waals surface area contributed by atoms with Crippen molar-refractivity contribution in [3.63, 3.8) is 0 Å². The highest BCUT2D eigenvalue weighted by molar-refractivity contribution is 5.83. The maximum Gasteiger partial charge on any atom is 0.326 e. The molecular weight excluding hydrogens is 248 g/mol. The lowest BCUT2D eigenvalue weighted by molar-refractivity contribution is -0.140. The first-order chi connectivity index (χ1) is 8.79. The van der Waals surface area contributed by atoms with Crippen LogP contribution >= 0.6 is 0 Å². The molecule has 0 saturated carbocycles. The molecule has 6 heteroatoms. The second-order valence-corrected chi connectivity index (χ2v) is 5.67. The van der Waals surface area contributed by atoms with Crippen LogP contribution in [0.2, 0.25) is 0 Å². The van der Waals surface area contributed by atoms with Crippen molar-refractivity contribution in [2.75, 3.05) is 19.8 Å². The highest BCUT2D eigenvalue weighted by Gasteiger charge is 2.36. The van der Waals surface area contributed by atoms with Crippen molar-refractivity contribution in [1.29, 1.82) is 0 Å². The fourth-order valence-electron chi connectivity index (χ4n) is 2.13. The number of carbonyl (C=O) groups is 2. The maximum atomic E-state index is 12.2. The Morgan fingerprint density at radius 1 is 1.47 bits per heavy atom. The number of carboxylic acids is 1. The number of carbonyl (C=O) groups excluding carboxylic acids is 1. The number of nitrogens with one attached hydrogen (secondary N) is 1. The van der Waals surface area contributed by atoms with E-state index in [4.69, 9.17) is 4.74 Å². The standard InChI is InChI=1S/C13H24N2O4/c1-5-9(2)10(11(16)17)14-12(18)15-6-7-19-8-13(15,3)4/h9-10H,5-8H2,1-4H3,(H,14,18)(H,16,17)/t9-,10-/m0/s1. The van der Waals surface area contributed by atoms with Crippen LogP contribution < -0.4 is 5.32 Å². The molecule has 19 heavy (non-hydrogen) atoms. The Kier molecular flexibility index (Phi) is 5.17. The zero-order valence-electron chi connectivity index (χ0n) is 12.1. The van der Waals surface area contributed by atoms with Crippen molar-refractivity contribution in [3.8, 4) is 0 Å². The van der Waals surface area contributed by atoms with E-state index in [0.717, 1.165) is 0 Å². The lowest BCUT2D eigenvalue weighted by atomic mass is 9.99. The van der Waals surface area contributed by atoms with Crippen LogP contribution in [0.3, 0.4) is 0 Å². The van der Waals surface area contributed by atoms with Gasteiger partial charge in [-0.15, -0.1) is 0 Å². The summed E-state index contributed by atoms with van der Waals surface area (Å²) < 4.78 is 5.35. The van der Waals surface area contributed by atoms with Crippen LogP contribution in [-0.2, 0) is 9.53 Å². The van der Waals surface area contributed by atoms with E-state index in [0.29, 0.717) is 26.2 Å². The Morgan fingerprint density at radius 2 is 2.11 bits per heavy atom. The molecule has 0 aromatic carbocycles. The molecule has 2 amide bonds. The zero-order chi connectivity index (χ0) is 14.6. The van der Waals surface area contributed by atoms with Gasteiger partial charge in [-0.25, -0.2) is 9.59 Å². The van der Waals surface area contributed by atoms with Gasteiger partial charge in [-0.2, -0.15) is 0 Å². The summed E-state index contributed by atoms with van der Waals surface area (Å²) in [4.78, 5) is 25.1. The SMILES string of the molecule is CC[C@H](C)[C@H](NC(=O)N1CCOCC1(C)C)C(=O)O. The topological polar surface area (TPSA) is 78.9 Å². The average Bonchev–Trinajstić information content (AvgIpc) is 2.33. The molecule has 6 nitrogen and oxygen atoms in total. The van der Waals surface area contributed by atoms with E-state index in [1.165, 1.54) is 0 Å². The van der Waals surface area contributed by atoms with Gasteiger partial charge in [0, 0.05) is 6.54 Å². The molecule has 0 bridgehead atoms. The van der Waals surface area contributed by atoms with Gasteiger partial charge >= 0.3 is 12.0 Å². The molecule has 0 aromatic rings. The monoisotopic (exact) mass is 272 g/mol. The van der Waals surface area contributed by atoms with Crippen LogP contribution in [-0.4, -0.2) is 53.3 Å². The zero-order valence-corrected chi connectivity index (χ0v) is 12.1. The highest BCUT2D eigenvalue weighted by atomic mass is 16.5. The van der Waals surface area contributed by atoms with E-state index in [9.17, 15) is 14.7 Å². The summed E-state index contributed by atoms with van der Waals surface area (Å²) in [5.41, 5.74) is -0.416. The Labute approximate surface area is 114 Å². The average molecular weight is 272 g/mol. The van der Waals surface area contributed by atoms with Crippen LogP contribution in [0.15, 0.2) is 0 Å². The summed E-state index contributed by atoms with van der Waals surface area (Å²) in [6.45, 7) is 8.97. The van der Waals surface area contributed by atoms with Gasteiger partial charge in [-0.1, -0.05) is 20.3 Å². The molecule has 1 aliphatic heterocycles. The second-order valence-electron chi connectivity index (χ2n) is 5.67. The molecule has 1 aliphatic rings. The Bertz CT molecular complexity index is 344. The smallest absolute Gasteiger partial charge is 0.326 e. The Balaban J connectivity index is 2.73. The summed E-state index contributed by atoms with van der Waals surface area (Å²) in [6, 6.07) is -1.18. The third kappa shape index (κ3) is 3.83. The molecule has 0 unspecified atom stereocenters. The quantitative estimate of drug-likeness (QED) is 0.808. The molecular formula is C13H24N2O4. The van der Waals surface area contributed by atoms with E-state index >= 15 is 0 Å². The van der Waals surface area contributed by atoms with Crippen molar-refractivity contribution >= 4 is 12.0 Å². The van der Waals surface area contributed by atoms with Crippen molar-refractivity contribution in [2.45, 2.75) is 45.7 Å². The molecule has 110 valence electrons. The molecule has 2 atom stereocenters.